The maximum Gasteiger partial charge on any atom is 0.216 e. The molecule has 0 unspecified atom stereocenters. The average Bonchev–Trinajstić information content (AvgIpc) is 2.62. The van der Waals surface area contributed by atoms with Crippen LogP contribution in [-0.4, -0.2) is 19.0 Å². The largest absolute Gasteiger partial charge is 0.476 e. The summed E-state index contributed by atoms with van der Waals surface area (Å²) in [6, 6.07) is 6.10. The van der Waals surface area contributed by atoms with E-state index in [1.807, 2.05) is 18.2 Å². The zero-order valence-corrected chi connectivity index (χ0v) is 10.5. The van der Waals surface area contributed by atoms with E-state index in [0.29, 0.717) is 6.61 Å². The van der Waals surface area contributed by atoms with Crippen LogP contribution in [0.1, 0.15) is 5.56 Å². The Morgan fingerprint density at radius 2 is 2.31 bits per heavy atom. The molecule has 0 bridgehead atoms. The van der Waals surface area contributed by atoms with E-state index >= 15 is 0 Å². The van der Waals surface area contributed by atoms with Gasteiger partial charge in [-0.05, 0) is 56.7 Å². The summed E-state index contributed by atoms with van der Waals surface area (Å²) < 4.78 is 7.64. The maximum absolute atomic E-state index is 5.36. The molecular weight excluding hydrogens is 345 g/mol. The van der Waals surface area contributed by atoms with E-state index in [1.165, 1.54) is 3.57 Å². The highest BCUT2D eigenvalue weighted by molar-refractivity contribution is 14.1. The molecule has 2 nitrogen and oxygen atoms in total. The van der Waals surface area contributed by atoms with Gasteiger partial charge in [0.1, 0.15) is 6.61 Å². The van der Waals surface area contributed by atoms with Gasteiger partial charge in [-0.3, -0.25) is 0 Å². The Hall–Kier alpha value is -0.100. The van der Waals surface area contributed by atoms with Crippen LogP contribution < -0.4 is 0 Å². The molecule has 0 saturated carbocycles. The fourth-order valence-corrected chi connectivity index (χ4v) is 1.85. The molecule has 0 aliphatic carbocycles. The standard InChI is InChI=1S/C9H7BrINO/c10-7-5-6(1-2-8(7)11)9-12-3-4-13-9/h1-2,5H,3-4H2. The molecule has 4 heteroatoms. The second-order valence-corrected chi connectivity index (χ2v) is 4.68. The first kappa shape index (κ1) is 9.45. The van der Waals surface area contributed by atoms with E-state index in [0.717, 1.165) is 22.5 Å². The monoisotopic (exact) mass is 351 g/mol. The Balaban J connectivity index is 2.36. The molecule has 2 rings (SSSR count). The molecule has 0 N–H and O–H groups in total. The Kier molecular flexibility index (Phi) is 2.88. The van der Waals surface area contributed by atoms with Gasteiger partial charge in [0, 0.05) is 13.6 Å². The van der Waals surface area contributed by atoms with Crippen LogP contribution in [0.25, 0.3) is 0 Å². The average molecular weight is 352 g/mol. The first-order chi connectivity index (χ1) is 6.27. The van der Waals surface area contributed by atoms with Gasteiger partial charge in [0.15, 0.2) is 0 Å². The summed E-state index contributed by atoms with van der Waals surface area (Å²) in [6.07, 6.45) is 0. The summed E-state index contributed by atoms with van der Waals surface area (Å²) in [5.74, 6) is 0.761. The fraction of sp³-hybridized carbons (Fsp3) is 0.222. The Morgan fingerprint density at radius 3 is 2.92 bits per heavy atom. The fourth-order valence-electron chi connectivity index (χ4n) is 1.14. The molecule has 0 radical (unpaired) electrons. The molecular formula is C9H7BrINO. The summed E-state index contributed by atoms with van der Waals surface area (Å²) in [6.45, 7) is 1.48. The van der Waals surface area contributed by atoms with Crippen LogP contribution in [0, 0.1) is 3.57 Å². The van der Waals surface area contributed by atoms with Crippen molar-refractivity contribution < 1.29 is 4.74 Å². The SMILES string of the molecule is Brc1cc(C2=NCCO2)ccc1I. The minimum Gasteiger partial charge on any atom is -0.476 e. The Bertz CT molecular complexity index is 365. The molecule has 0 fully saturated rings. The number of hydrogen-bond donors (Lipinski definition) is 0. The predicted molar refractivity (Wildman–Crippen MR) is 64.2 cm³/mol. The van der Waals surface area contributed by atoms with E-state index in [9.17, 15) is 0 Å². The first-order valence-electron chi connectivity index (χ1n) is 3.90. The summed E-state index contributed by atoms with van der Waals surface area (Å²) in [7, 11) is 0. The highest BCUT2D eigenvalue weighted by Gasteiger charge is 2.10. The van der Waals surface area contributed by atoms with Gasteiger partial charge in [0.2, 0.25) is 5.90 Å². The van der Waals surface area contributed by atoms with Gasteiger partial charge in [0.25, 0.3) is 0 Å². The third kappa shape index (κ3) is 2.04. The van der Waals surface area contributed by atoms with Crippen molar-refractivity contribution in [3.05, 3.63) is 31.8 Å². The van der Waals surface area contributed by atoms with Gasteiger partial charge in [-0.25, -0.2) is 4.99 Å². The predicted octanol–water partition coefficient (Wildman–Crippen LogP) is 2.83. The maximum atomic E-state index is 5.36. The van der Waals surface area contributed by atoms with Crippen LogP contribution in [0.5, 0.6) is 0 Å². The third-order valence-electron chi connectivity index (χ3n) is 1.75. The molecule has 13 heavy (non-hydrogen) atoms. The van der Waals surface area contributed by atoms with E-state index < -0.39 is 0 Å². The van der Waals surface area contributed by atoms with Crippen LogP contribution in [0.3, 0.4) is 0 Å². The van der Waals surface area contributed by atoms with Crippen molar-refractivity contribution in [3.8, 4) is 0 Å². The van der Waals surface area contributed by atoms with Crippen molar-refractivity contribution in [2.24, 2.45) is 4.99 Å². The van der Waals surface area contributed by atoms with E-state index in [4.69, 9.17) is 4.74 Å². The van der Waals surface area contributed by atoms with Crippen LogP contribution in [-0.2, 0) is 4.74 Å². The van der Waals surface area contributed by atoms with Gasteiger partial charge in [0.05, 0.1) is 6.54 Å². The lowest BCUT2D eigenvalue weighted by molar-refractivity contribution is 0.348. The van der Waals surface area contributed by atoms with Crippen LogP contribution in [0.15, 0.2) is 27.7 Å². The molecule has 1 aliphatic heterocycles. The first-order valence-corrected chi connectivity index (χ1v) is 5.77. The lowest BCUT2D eigenvalue weighted by atomic mass is 10.2. The number of aliphatic imine (C=N–C) groups is 1. The summed E-state index contributed by atoms with van der Waals surface area (Å²) in [5, 5.41) is 0. The van der Waals surface area contributed by atoms with Crippen molar-refractivity contribution in [2.75, 3.05) is 13.2 Å². The summed E-state index contributed by atoms with van der Waals surface area (Å²) >= 11 is 5.75. The molecule has 68 valence electrons. The zero-order valence-electron chi connectivity index (χ0n) is 6.76. The minimum absolute atomic E-state index is 0.707. The highest BCUT2D eigenvalue weighted by atomic mass is 127. The lowest BCUT2D eigenvalue weighted by Crippen LogP contribution is -2.00. The third-order valence-corrected chi connectivity index (χ3v) is 4.09. The molecule has 0 amide bonds. The minimum atomic E-state index is 0.707. The molecule has 0 aromatic heterocycles. The Labute approximate surface area is 98.7 Å². The Morgan fingerprint density at radius 1 is 1.46 bits per heavy atom. The van der Waals surface area contributed by atoms with E-state index in [1.54, 1.807) is 0 Å². The normalized spacial score (nSPS) is 15.4. The topological polar surface area (TPSA) is 21.6 Å². The van der Waals surface area contributed by atoms with Crippen LogP contribution in [0.2, 0.25) is 0 Å². The van der Waals surface area contributed by atoms with Gasteiger partial charge in [-0.15, -0.1) is 0 Å². The lowest BCUT2D eigenvalue weighted by Gasteiger charge is -2.02. The van der Waals surface area contributed by atoms with Gasteiger partial charge in [-0.1, -0.05) is 0 Å². The zero-order chi connectivity index (χ0) is 9.26. The number of ether oxygens (including phenoxy) is 1. The van der Waals surface area contributed by atoms with Crippen LogP contribution in [0.4, 0.5) is 0 Å². The summed E-state index contributed by atoms with van der Waals surface area (Å²) in [4.78, 5) is 4.25. The van der Waals surface area contributed by atoms with Crippen LogP contribution >= 0.6 is 38.5 Å². The van der Waals surface area contributed by atoms with Crippen molar-refractivity contribution in [1.82, 2.24) is 0 Å². The number of hydrogen-bond acceptors (Lipinski definition) is 2. The molecule has 1 heterocycles. The van der Waals surface area contributed by atoms with Crippen molar-refractivity contribution in [2.45, 2.75) is 0 Å². The quantitative estimate of drug-likeness (QED) is 0.713. The highest BCUT2D eigenvalue weighted by Crippen LogP contribution is 2.21. The molecule has 1 aliphatic rings. The van der Waals surface area contributed by atoms with E-state index in [-0.39, 0.29) is 0 Å². The van der Waals surface area contributed by atoms with Gasteiger partial charge < -0.3 is 4.74 Å². The summed E-state index contributed by atoms with van der Waals surface area (Å²) in [5.41, 5.74) is 1.05. The molecule has 1 aromatic carbocycles. The van der Waals surface area contributed by atoms with Crippen molar-refractivity contribution in [1.29, 1.82) is 0 Å². The smallest absolute Gasteiger partial charge is 0.216 e. The second-order valence-electron chi connectivity index (χ2n) is 2.66. The molecule has 0 atom stereocenters. The second kappa shape index (κ2) is 3.96. The van der Waals surface area contributed by atoms with Gasteiger partial charge >= 0.3 is 0 Å². The number of halogens is 2. The number of benzene rings is 1. The number of rotatable bonds is 1. The van der Waals surface area contributed by atoms with Gasteiger partial charge in [-0.2, -0.15) is 0 Å². The van der Waals surface area contributed by atoms with E-state index in [2.05, 4.69) is 43.5 Å². The molecule has 1 aromatic rings. The van der Waals surface area contributed by atoms with Crippen molar-refractivity contribution in [3.63, 3.8) is 0 Å². The van der Waals surface area contributed by atoms with Crippen molar-refractivity contribution >= 4 is 44.4 Å². The molecule has 0 saturated heterocycles. The number of nitrogens with zero attached hydrogens (tertiary/aromatic N) is 1. The molecule has 0 spiro atoms.